The van der Waals surface area contributed by atoms with Gasteiger partial charge in [0.15, 0.2) is 0 Å². The molecule has 2 N–H and O–H groups in total. The molecular formula is C34H32Cl2N2O5. The fourth-order valence-corrected chi connectivity index (χ4v) is 4.92. The van der Waals surface area contributed by atoms with Crippen LogP contribution in [0.25, 0.3) is 11.1 Å². The molecule has 4 rings (SSSR count). The van der Waals surface area contributed by atoms with Crippen LogP contribution in [0, 0.1) is 6.92 Å². The van der Waals surface area contributed by atoms with E-state index in [4.69, 9.17) is 33.0 Å². The summed E-state index contributed by atoms with van der Waals surface area (Å²) in [6.45, 7) is 2.36. The third kappa shape index (κ3) is 8.37. The Bertz CT molecular complexity index is 1620. The highest BCUT2D eigenvalue weighted by Gasteiger charge is 2.20. The number of hydrogen-bond donors (Lipinski definition) is 2. The predicted octanol–water partition coefficient (Wildman–Crippen LogP) is 8.52. The number of amides is 2. The van der Waals surface area contributed by atoms with Gasteiger partial charge in [-0.2, -0.15) is 0 Å². The van der Waals surface area contributed by atoms with Crippen LogP contribution < -0.4 is 15.0 Å². The molecule has 0 aliphatic heterocycles. The van der Waals surface area contributed by atoms with Crippen molar-refractivity contribution in [2.24, 2.45) is 0 Å². The van der Waals surface area contributed by atoms with Crippen molar-refractivity contribution in [1.82, 2.24) is 0 Å². The first-order valence-corrected chi connectivity index (χ1v) is 14.6. The number of rotatable bonds is 12. The van der Waals surface area contributed by atoms with Gasteiger partial charge in [-0.1, -0.05) is 71.2 Å². The minimum atomic E-state index is -0.822. The zero-order valence-corrected chi connectivity index (χ0v) is 25.4. The monoisotopic (exact) mass is 618 g/mol. The van der Waals surface area contributed by atoms with Crippen molar-refractivity contribution in [2.75, 3.05) is 23.9 Å². The summed E-state index contributed by atoms with van der Waals surface area (Å²) >= 11 is 12.7. The summed E-state index contributed by atoms with van der Waals surface area (Å²) in [5.41, 5.74) is 4.56. The number of carbonyl (C=O) groups excluding carboxylic acids is 2. The number of ether oxygens (including phenoxy) is 1. The third-order valence-electron chi connectivity index (χ3n) is 6.88. The minimum Gasteiger partial charge on any atom is -0.491 e. The number of anilines is 2. The van der Waals surface area contributed by atoms with Crippen LogP contribution in [-0.2, 0) is 4.79 Å². The number of carboxylic acids is 1. The number of nitrogens with one attached hydrogen (secondary N) is 1. The van der Waals surface area contributed by atoms with Crippen molar-refractivity contribution in [3.63, 3.8) is 0 Å². The Morgan fingerprint density at radius 1 is 0.884 bits per heavy atom. The normalized spacial score (nSPS) is 10.7. The second-order valence-electron chi connectivity index (χ2n) is 10.1. The molecule has 0 saturated carbocycles. The second-order valence-corrected chi connectivity index (χ2v) is 10.9. The number of aryl methyl sites for hydroxylation is 1. The Hall–Kier alpha value is -4.33. The molecule has 0 radical (unpaired) electrons. The van der Waals surface area contributed by atoms with Crippen LogP contribution in [0.4, 0.5) is 11.4 Å². The van der Waals surface area contributed by atoms with E-state index in [2.05, 4.69) is 5.32 Å². The van der Waals surface area contributed by atoms with E-state index in [0.717, 1.165) is 16.7 Å². The average molecular weight is 620 g/mol. The van der Waals surface area contributed by atoms with E-state index in [1.54, 1.807) is 49.5 Å². The Morgan fingerprint density at radius 3 is 2.35 bits per heavy atom. The molecule has 0 fully saturated rings. The van der Waals surface area contributed by atoms with Gasteiger partial charge in [0.2, 0.25) is 0 Å². The molecule has 0 aliphatic carbocycles. The molecule has 7 nitrogen and oxygen atoms in total. The number of nitrogens with zero attached hydrogens (tertiary/aromatic N) is 1. The van der Waals surface area contributed by atoms with Gasteiger partial charge in [0.05, 0.1) is 23.0 Å². The number of benzene rings is 4. The molecule has 0 spiro atoms. The molecule has 4 aromatic carbocycles. The van der Waals surface area contributed by atoms with E-state index in [0.29, 0.717) is 59.1 Å². The number of hydrogen-bond acceptors (Lipinski definition) is 4. The van der Waals surface area contributed by atoms with Crippen LogP contribution in [0.3, 0.4) is 0 Å². The molecule has 43 heavy (non-hydrogen) atoms. The first kappa shape index (κ1) is 31.6. The summed E-state index contributed by atoms with van der Waals surface area (Å²) in [7, 11) is 1.62. The summed E-state index contributed by atoms with van der Waals surface area (Å²) in [4.78, 5) is 38.9. The summed E-state index contributed by atoms with van der Waals surface area (Å²) < 4.78 is 5.91. The molecule has 9 heteroatoms. The summed E-state index contributed by atoms with van der Waals surface area (Å²) in [5.74, 6) is -1.04. The van der Waals surface area contributed by atoms with Gasteiger partial charge in [-0.05, 0) is 73.7 Å². The van der Waals surface area contributed by atoms with Crippen molar-refractivity contribution < 1.29 is 24.2 Å². The van der Waals surface area contributed by atoms with Crippen LogP contribution in [0.15, 0.2) is 84.9 Å². The SMILES string of the molecule is Cc1ccc(-c2ccccc2C(=O)Nc2ccc(C(=O)N(C)c3ccc(Cl)cc3OCCCCCC(=O)O)cc2Cl)cc1. The molecule has 4 aromatic rings. The molecule has 0 aliphatic rings. The number of halogens is 2. The highest BCUT2D eigenvalue weighted by molar-refractivity contribution is 6.34. The number of aliphatic carboxylic acids is 1. The fourth-order valence-electron chi connectivity index (χ4n) is 4.53. The Kier molecular flexibility index (Phi) is 10.8. The van der Waals surface area contributed by atoms with E-state index in [-0.39, 0.29) is 23.3 Å². The lowest BCUT2D eigenvalue weighted by molar-refractivity contribution is -0.137. The highest BCUT2D eigenvalue weighted by Crippen LogP contribution is 2.33. The van der Waals surface area contributed by atoms with Crippen molar-refractivity contribution in [3.8, 4) is 16.9 Å². The van der Waals surface area contributed by atoms with Gasteiger partial charge in [0.25, 0.3) is 11.8 Å². The van der Waals surface area contributed by atoms with Gasteiger partial charge in [-0.3, -0.25) is 14.4 Å². The predicted molar refractivity (Wildman–Crippen MR) is 172 cm³/mol. The molecule has 0 atom stereocenters. The van der Waals surface area contributed by atoms with Crippen LogP contribution in [-0.4, -0.2) is 36.5 Å². The smallest absolute Gasteiger partial charge is 0.303 e. The maximum atomic E-state index is 13.4. The van der Waals surface area contributed by atoms with Gasteiger partial charge in [-0.15, -0.1) is 0 Å². The Balaban J connectivity index is 1.46. The van der Waals surface area contributed by atoms with Gasteiger partial charge < -0.3 is 20.1 Å². The topological polar surface area (TPSA) is 95.9 Å². The molecule has 0 unspecified atom stereocenters. The van der Waals surface area contributed by atoms with Crippen molar-refractivity contribution >= 4 is 52.4 Å². The van der Waals surface area contributed by atoms with Gasteiger partial charge >= 0.3 is 5.97 Å². The summed E-state index contributed by atoms with van der Waals surface area (Å²) in [5, 5.41) is 12.3. The first-order valence-electron chi connectivity index (χ1n) is 13.8. The third-order valence-corrected chi connectivity index (χ3v) is 7.43. The highest BCUT2D eigenvalue weighted by atomic mass is 35.5. The Morgan fingerprint density at radius 2 is 1.63 bits per heavy atom. The molecule has 0 heterocycles. The first-order chi connectivity index (χ1) is 20.6. The fraction of sp³-hybridized carbons (Fsp3) is 0.206. The molecule has 2 amide bonds. The molecule has 222 valence electrons. The largest absolute Gasteiger partial charge is 0.491 e. The number of unbranched alkanes of at least 4 members (excludes halogenated alkanes) is 2. The van der Waals surface area contributed by atoms with E-state index in [9.17, 15) is 14.4 Å². The van der Waals surface area contributed by atoms with E-state index >= 15 is 0 Å². The van der Waals surface area contributed by atoms with Gasteiger partial charge in [-0.25, -0.2) is 0 Å². The number of carbonyl (C=O) groups is 3. The van der Waals surface area contributed by atoms with Crippen molar-refractivity contribution in [2.45, 2.75) is 32.6 Å². The van der Waals surface area contributed by atoms with Crippen LogP contribution in [0.2, 0.25) is 10.0 Å². The zero-order valence-electron chi connectivity index (χ0n) is 23.9. The lowest BCUT2D eigenvalue weighted by atomic mass is 9.98. The van der Waals surface area contributed by atoms with Crippen LogP contribution in [0.1, 0.15) is 52.0 Å². The lowest BCUT2D eigenvalue weighted by Gasteiger charge is -2.21. The van der Waals surface area contributed by atoms with Crippen molar-refractivity contribution in [3.05, 3.63) is 112 Å². The van der Waals surface area contributed by atoms with Gasteiger partial charge in [0, 0.05) is 35.7 Å². The van der Waals surface area contributed by atoms with E-state index in [1.165, 1.54) is 11.0 Å². The maximum Gasteiger partial charge on any atom is 0.303 e. The molecule has 0 aromatic heterocycles. The average Bonchev–Trinajstić information content (AvgIpc) is 2.99. The second kappa shape index (κ2) is 14.7. The molecule has 0 bridgehead atoms. The number of carboxylic acid groups (broad SMARTS) is 1. The molecule has 0 saturated heterocycles. The standard InChI is InChI=1S/C34H32Cl2N2O5/c1-22-11-13-23(14-12-22)26-8-5-6-9-27(26)33(41)37-29-17-15-24(20-28(29)36)34(42)38(2)30-18-16-25(35)21-31(30)43-19-7-3-4-10-32(39)40/h5-6,8-9,11-18,20-21H,3-4,7,10,19H2,1-2H3,(H,37,41)(H,39,40). The van der Waals surface area contributed by atoms with Crippen LogP contribution in [0.5, 0.6) is 5.75 Å². The van der Waals surface area contributed by atoms with E-state index < -0.39 is 5.97 Å². The minimum absolute atomic E-state index is 0.116. The summed E-state index contributed by atoms with van der Waals surface area (Å²) in [6.07, 6.45) is 2.05. The van der Waals surface area contributed by atoms with Crippen LogP contribution >= 0.6 is 23.2 Å². The lowest BCUT2D eigenvalue weighted by Crippen LogP contribution is -2.27. The quantitative estimate of drug-likeness (QED) is 0.155. The summed E-state index contributed by atoms with van der Waals surface area (Å²) in [6, 6.07) is 25.0. The van der Waals surface area contributed by atoms with Gasteiger partial charge in [0.1, 0.15) is 5.75 Å². The van der Waals surface area contributed by atoms with Crippen molar-refractivity contribution in [1.29, 1.82) is 0 Å². The molecular weight excluding hydrogens is 587 g/mol. The van der Waals surface area contributed by atoms with E-state index in [1.807, 2.05) is 43.3 Å². The maximum absolute atomic E-state index is 13.4. The zero-order chi connectivity index (χ0) is 30.9. The Labute approximate surface area is 261 Å².